The quantitative estimate of drug-likeness (QED) is 0.802. The Morgan fingerprint density at radius 2 is 1.88 bits per heavy atom. The van der Waals surface area contributed by atoms with E-state index in [1.165, 1.54) is 19.3 Å². The fourth-order valence-corrected chi connectivity index (χ4v) is 4.87. The summed E-state index contributed by atoms with van der Waals surface area (Å²) in [5.41, 5.74) is 3.32. The number of ether oxygens (including phenoxy) is 2. The minimum atomic E-state index is 0.295. The van der Waals surface area contributed by atoms with Crippen molar-refractivity contribution in [3.05, 3.63) is 59.7 Å². The smallest absolute Gasteiger partial charge is 0.161 e. The Kier molecular flexibility index (Phi) is 3.84. The molecule has 4 heteroatoms. The predicted molar refractivity (Wildman–Crippen MR) is 99.5 cm³/mol. The standard InChI is InChI=1S/C22H23NO3/c1-24-19-12-16(9-10-18(19)25-13-14-5-3-2-4-6-14)21-20-15-7-8-17(11-15)22(20)26-23-21/h2-6,9-10,12,15,17,20,22H,7-8,11,13H2,1H3/t15-,17+,20-,22-/m1/s1. The van der Waals surface area contributed by atoms with Gasteiger partial charge in [-0.3, -0.25) is 0 Å². The molecular weight excluding hydrogens is 326 g/mol. The number of methoxy groups -OCH3 is 1. The van der Waals surface area contributed by atoms with Crippen LogP contribution in [0.3, 0.4) is 0 Å². The molecule has 1 aliphatic heterocycles. The molecule has 2 aromatic rings. The SMILES string of the molecule is COc1cc(C2=NO[C@@H]3[C@H]4CC[C@H](C4)[C@H]23)ccc1OCc1ccccc1. The minimum Gasteiger partial charge on any atom is -0.493 e. The van der Waals surface area contributed by atoms with Crippen molar-refractivity contribution in [2.75, 3.05) is 7.11 Å². The molecule has 2 aromatic carbocycles. The van der Waals surface area contributed by atoms with Crippen molar-refractivity contribution in [3.63, 3.8) is 0 Å². The van der Waals surface area contributed by atoms with Gasteiger partial charge in [0.05, 0.1) is 12.8 Å². The molecule has 1 heterocycles. The van der Waals surface area contributed by atoms with Crippen LogP contribution in [0, 0.1) is 17.8 Å². The van der Waals surface area contributed by atoms with Gasteiger partial charge in [-0.15, -0.1) is 0 Å². The maximum Gasteiger partial charge on any atom is 0.161 e. The first-order chi connectivity index (χ1) is 12.8. The fourth-order valence-electron chi connectivity index (χ4n) is 4.87. The number of oxime groups is 1. The first kappa shape index (κ1) is 15.7. The average Bonchev–Trinajstić information content (AvgIpc) is 3.40. The monoisotopic (exact) mass is 349 g/mol. The Labute approximate surface area is 153 Å². The van der Waals surface area contributed by atoms with E-state index in [4.69, 9.17) is 14.3 Å². The number of rotatable bonds is 5. The zero-order valence-corrected chi connectivity index (χ0v) is 14.9. The summed E-state index contributed by atoms with van der Waals surface area (Å²) in [4.78, 5) is 5.80. The highest BCUT2D eigenvalue weighted by atomic mass is 16.6. The van der Waals surface area contributed by atoms with Gasteiger partial charge in [0.25, 0.3) is 0 Å². The normalized spacial score (nSPS) is 28.4. The van der Waals surface area contributed by atoms with E-state index in [9.17, 15) is 0 Å². The zero-order chi connectivity index (χ0) is 17.5. The number of hydrogen-bond donors (Lipinski definition) is 0. The van der Waals surface area contributed by atoms with E-state index in [1.807, 2.05) is 30.3 Å². The highest BCUT2D eigenvalue weighted by Gasteiger charge is 2.54. The first-order valence-corrected chi connectivity index (χ1v) is 9.42. The van der Waals surface area contributed by atoms with Gasteiger partial charge < -0.3 is 14.3 Å². The maximum absolute atomic E-state index is 5.97. The molecule has 2 fully saturated rings. The summed E-state index contributed by atoms with van der Waals surface area (Å²) < 4.78 is 11.6. The summed E-state index contributed by atoms with van der Waals surface area (Å²) in [5.74, 6) is 3.37. The van der Waals surface area contributed by atoms with Crippen LogP contribution in [-0.2, 0) is 11.4 Å². The van der Waals surface area contributed by atoms with Crippen molar-refractivity contribution in [3.8, 4) is 11.5 Å². The van der Waals surface area contributed by atoms with Gasteiger partial charge in [0.1, 0.15) is 12.7 Å². The number of benzene rings is 2. The van der Waals surface area contributed by atoms with Crippen molar-refractivity contribution in [1.82, 2.24) is 0 Å². The molecule has 0 unspecified atom stereocenters. The predicted octanol–water partition coefficient (Wildman–Crippen LogP) is 4.42. The van der Waals surface area contributed by atoms with Crippen LogP contribution >= 0.6 is 0 Å². The minimum absolute atomic E-state index is 0.295. The fraction of sp³-hybridized carbons (Fsp3) is 0.409. The Morgan fingerprint density at radius 1 is 1.04 bits per heavy atom. The lowest BCUT2D eigenvalue weighted by Crippen LogP contribution is -2.29. The largest absolute Gasteiger partial charge is 0.493 e. The third-order valence-electron chi connectivity index (χ3n) is 6.13. The van der Waals surface area contributed by atoms with E-state index in [0.717, 1.165) is 34.3 Å². The summed E-state index contributed by atoms with van der Waals surface area (Å²) in [5, 5.41) is 4.45. The van der Waals surface area contributed by atoms with Crippen molar-refractivity contribution >= 4 is 5.71 Å². The molecule has 3 aliphatic rings. The molecule has 4 nitrogen and oxygen atoms in total. The number of fused-ring (bicyclic) bond motifs is 5. The lowest BCUT2D eigenvalue weighted by atomic mass is 9.81. The van der Waals surface area contributed by atoms with E-state index in [2.05, 4.69) is 23.4 Å². The zero-order valence-electron chi connectivity index (χ0n) is 14.9. The average molecular weight is 349 g/mol. The molecule has 0 saturated heterocycles. The van der Waals surface area contributed by atoms with Crippen molar-refractivity contribution in [2.45, 2.75) is 32.0 Å². The van der Waals surface area contributed by atoms with Gasteiger partial charge in [-0.25, -0.2) is 0 Å². The maximum atomic E-state index is 5.97. The molecule has 134 valence electrons. The molecule has 2 saturated carbocycles. The molecule has 26 heavy (non-hydrogen) atoms. The Morgan fingerprint density at radius 3 is 2.73 bits per heavy atom. The summed E-state index contributed by atoms with van der Waals surface area (Å²) in [7, 11) is 1.68. The summed E-state index contributed by atoms with van der Waals surface area (Å²) in [6, 6.07) is 16.3. The topological polar surface area (TPSA) is 40.0 Å². The van der Waals surface area contributed by atoms with Gasteiger partial charge >= 0.3 is 0 Å². The molecule has 0 spiro atoms. The van der Waals surface area contributed by atoms with Crippen LogP contribution in [-0.4, -0.2) is 18.9 Å². The molecule has 5 rings (SSSR count). The molecule has 0 aromatic heterocycles. The van der Waals surface area contributed by atoms with Crippen LogP contribution in [0.4, 0.5) is 0 Å². The van der Waals surface area contributed by atoms with E-state index in [0.29, 0.717) is 24.5 Å². The molecule has 0 radical (unpaired) electrons. The lowest BCUT2D eigenvalue weighted by Gasteiger charge is -2.23. The highest BCUT2D eigenvalue weighted by molar-refractivity contribution is 6.04. The van der Waals surface area contributed by atoms with Gasteiger partial charge in [-0.1, -0.05) is 35.5 Å². The van der Waals surface area contributed by atoms with Crippen LogP contribution in [0.1, 0.15) is 30.4 Å². The molecule has 2 aliphatic carbocycles. The summed E-state index contributed by atoms with van der Waals surface area (Å²) >= 11 is 0. The lowest BCUT2D eigenvalue weighted by molar-refractivity contribution is 0.0275. The van der Waals surface area contributed by atoms with Crippen LogP contribution in [0.25, 0.3) is 0 Å². The van der Waals surface area contributed by atoms with Crippen LogP contribution < -0.4 is 9.47 Å². The van der Waals surface area contributed by atoms with E-state index >= 15 is 0 Å². The second-order valence-corrected chi connectivity index (χ2v) is 7.55. The van der Waals surface area contributed by atoms with Gasteiger partial charge in [-0.2, -0.15) is 0 Å². The van der Waals surface area contributed by atoms with Crippen LogP contribution in [0.5, 0.6) is 11.5 Å². The van der Waals surface area contributed by atoms with Gasteiger partial charge in [0.15, 0.2) is 11.5 Å². The van der Waals surface area contributed by atoms with Gasteiger partial charge in [-0.05, 0) is 54.9 Å². The third-order valence-corrected chi connectivity index (χ3v) is 6.13. The molecule has 0 N–H and O–H groups in total. The van der Waals surface area contributed by atoms with E-state index in [1.54, 1.807) is 7.11 Å². The Hall–Kier alpha value is -2.49. The number of nitrogens with zero attached hydrogens (tertiary/aromatic N) is 1. The van der Waals surface area contributed by atoms with Crippen molar-refractivity contribution in [2.24, 2.45) is 22.9 Å². The molecule has 2 bridgehead atoms. The van der Waals surface area contributed by atoms with E-state index < -0.39 is 0 Å². The number of hydrogen-bond acceptors (Lipinski definition) is 4. The second-order valence-electron chi connectivity index (χ2n) is 7.55. The Balaban J connectivity index is 1.36. The molecule has 4 atom stereocenters. The summed E-state index contributed by atoms with van der Waals surface area (Å²) in [6.07, 6.45) is 4.20. The van der Waals surface area contributed by atoms with Crippen LogP contribution in [0.15, 0.2) is 53.7 Å². The highest BCUT2D eigenvalue weighted by Crippen LogP contribution is 2.53. The third kappa shape index (κ3) is 2.56. The Bertz CT molecular complexity index is 833. The van der Waals surface area contributed by atoms with Gasteiger partial charge in [0, 0.05) is 11.5 Å². The summed E-state index contributed by atoms with van der Waals surface area (Å²) in [6.45, 7) is 0.523. The van der Waals surface area contributed by atoms with E-state index in [-0.39, 0.29) is 0 Å². The molecular formula is C22H23NO3. The first-order valence-electron chi connectivity index (χ1n) is 9.42. The van der Waals surface area contributed by atoms with Crippen molar-refractivity contribution in [1.29, 1.82) is 0 Å². The van der Waals surface area contributed by atoms with Crippen LogP contribution in [0.2, 0.25) is 0 Å². The van der Waals surface area contributed by atoms with Gasteiger partial charge in [0.2, 0.25) is 0 Å². The van der Waals surface area contributed by atoms with Crippen molar-refractivity contribution < 1.29 is 14.3 Å². The molecule has 0 amide bonds. The second kappa shape index (κ2) is 6.35.